The first-order chi connectivity index (χ1) is 16.8. The van der Waals surface area contributed by atoms with Crippen LogP contribution < -0.4 is 15.2 Å². The van der Waals surface area contributed by atoms with Crippen LogP contribution in [0.2, 0.25) is 0 Å². The molecular formula is C28H43NO8. The predicted molar refractivity (Wildman–Crippen MR) is 139 cm³/mol. The third-order valence-corrected chi connectivity index (χ3v) is 5.18. The Bertz CT molecular complexity index is 971. The Labute approximate surface area is 220 Å². The van der Waals surface area contributed by atoms with E-state index >= 15 is 0 Å². The zero-order valence-electron chi connectivity index (χ0n) is 23.7. The van der Waals surface area contributed by atoms with Gasteiger partial charge in [0.05, 0.1) is 32.5 Å². The van der Waals surface area contributed by atoms with Crippen LogP contribution in [0.3, 0.4) is 0 Å². The molecule has 0 amide bonds. The first-order valence-electron chi connectivity index (χ1n) is 12.4. The zero-order chi connectivity index (χ0) is 28.6. The van der Waals surface area contributed by atoms with Gasteiger partial charge in [0.2, 0.25) is 0 Å². The summed E-state index contributed by atoms with van der Waals surface area (Å²) in [6.45, 7) is 14.8. The van der Waals surface area contributed by atoms with Gasteiger partial charge in [-0.25, -0.2) is 0 Å². The molecule has 0 radical (unpaired) electrons. The first kappa shape index (κ1) is 32.1. The molecule has 0 aliphatic carbocycles. The van der Waals surface area contributed by atoms with Crippen molar-refractivity contribution in [3.05, 3.63) is 23.8 Å². The molecule has 1 rings (SSSR count). The molecule has 9 nitrogen and oxygen atoms in total. The zero-order valence-corrected chi connectivity index (χ0v) is 23.7. The highest BCUT2D eigenvalue weighted by Gasteiger charge is 2.36. The van der Waals surface area contributed by atoms with E-state index in [1.165, 1.54) is 19.2 Å². The molecule has 1 aromatic carbocycles. The van der Waals surface area contributed by atoms with Crippen molar-refractivity contribution in [2.75, 3.05) is 13.7 Å². The van der Waals surface area contributed by atoms with E-state index in [4.69, 9.17) is 24.7 Å². The smallest absolute Gasteiger partial charge is 0.326 e. The van der Waals surface area contributed by atoms with E-state index in [1.54, 1.807) is 19.9 Å². The predicted octanol–water partition coefficient (Wildman–Crippen LogP) is 4.37. The Kier molecular flexibility index (Phi) is 11.3. The fourth-order valence-corrected chi connectivity index (χ4v) is 3.34. The van der Waals surface area contributed by atoms with Crippen LogP contribution in [0.15, 0.2) is 18.2 Å². The van der Waals surface area contributed by atoms with Crippen molar-refractivity contribution >= 4 is 23.9 Å². The summed E-state index contributed by atoms with van der Waals surface area (Å²) in [5.74, 6) is -2.22. The minimum Gasteiger partial charge on any atom is -0.468 e. The van der Waals surface area contributed by atoms with Gasteiger partial charge in [-0.15, -0.1) is 0 Å². The Morgan fingerprint density at radius 3 is 1.84 bits per heavy atom. The maximum Gasteiger partial charge on any atom is 0.326 e. The topological polar surface area (TPSA) is 131 Å². The van der Waals surface area contributed by atoms with Crippen LogP contribution in [0, 0.1) is 16.7 Å². The van der Waals surface area contributed by atoms with Crippen LogP contribution in [-0.4, -0.2) is 43.1 Å². The summed E-state index contributed by atoms with van der Waals surface area (Å²) in [7, 11) is 1.22. The summed E-state index contributed by atoms with van der Waals surface area (Å²) in [6, 6.07) is 4.66. The van der Waals surface area contributed by atoms with Gasteiger partial charge in [-0.2, -0.15) is 0 Å². The molecule has 1 atom stereocenters. The molecule has 0 heterocycles. The molecule has 9 heteroatoms. The quantitative estimate of drug-likeness (QED) is 0.333. The van der Waals surface area contributed by atoms with Crippen LogP contribution in [0.25, 0.3) is 0 Å². The fraction of sp³-hybridized carbons (Fsp3) is 0.643. The van der Waals surface area contributed by atoms with E-state index < -0.39 is 29.4 Å². The summed E-state index contributed by atoms with van der Waals surface area (Å²) < 4.78 is 21.2. The molecule has 0 aliphatic heterocycles. The van der Waals surface area contributed by atoms with Gasteiger partial charge in [-0.3, -0.25) is 19.2 Å². The number of hydrogen-bond acceptors (Lipinski definition) is 9. The van der Waals surface area contributed by atoms with Crippen LogP contribution in [-0.2, 0) is 35.1 Å². The van der Waals surface area contributed by atoms with Crippen LogP contribution in [0.5, 0.6) is 11.5 Å². The van der Waals surface area contributed by atoms with Gasteiger partial charge in [0.15, 0.2) is 11.5 Å². The monoisotopic (exact) mass is 521 g/mol. The van der Waals surface area contributed by atoms with Crippen LogP contribution in [0.1, 0.15) is 80.2 Å². The van der Waals surface area contributed by atoms with Crippen molar-refractivity contribution in [1.29, 1.82) is 0 Å². The molecule has 0 saturated carbocycles. The Morgan fingerprint density at radius 1 is 0.865 bits per heavy atom. The SMILES string of the molecule is COC(=O)C(N)(CCOC(=O)C(C)C)Cc1ccc(OC(=O)CC(C)(C)C)c(OC(=O)CC(C)(C)C)c1. The molecular weight excluding hydrogens is 478 g/mol. The lowest BCUT2D eigenvalue weighted by Crippen LogP contribution is -2.51. The van der Waals surface area contributed by atoms with Crippen LogP contribution in [0.4, 0.5) is 0 Å². The van der Waals surface area contributed by atoms with Gasteiger partial charge in [-0.05, 0) is 28.5 Å². The number of hydrogen-bond donors (Lipinski definition) is 1. The minimum atomic E-state index is -1.51. The first-order valence-corrected chi connectivity index (χ1v) is 12.4. The molecule has 0 aliphatic rings. The molecule has 1 aromatic rings. The number of nitrogens with two attached hydrogens (primary N) is 1. The van der Waals surface area contributed by atoms with E-state index in [9.17, 15) is 19.2 Å². The number of esters is 4. The van der Waals surface area contributed by atoms with Crippen molar-refractivity contribution in [3.63, 3.8) is 0 Å². The van der Waals surface area contributed by atoms with Crippen molar-refractivity contribution in [3.8, 4) is 11.5 Å². The lowest BCUT2D eigenvalue weighted by atomic mass is 9.88. The second-order valence-corrected chi connectivity index (χ2v) is 12.1. The molecule has 2 N–H and O–H groups in total. The number of ether oxygens (including phenoxy) is 4. The highest BCUT2D eigenvalue weighted by Crippen LogP contribution is 2.33. The maximum absolute atomic E-state index is 12.6. The Balaban J connectivity index is 3.26. The lowest BCUT2D eigenvalue weighted by Gasteiger charge is -2.27. The third-order valence-electron chi connectivity index (χ3n) is 5.18. The molecule has 37 heavy (non-hydrogen) atoms. The van der Waals surface area contributed by atoms with E-state index in [2.05, 4.69) is 0 Å². The van der Waals surface area contributed by atoms with Crippen molar-refractivity contribution < 1.29 is 38.1 Å². The molecule has 0 saturated heterocycles. The van der Waals surface area contributed by atoms with E-state index in [1.807, 2.05) is 41.5 Å². The molecule has 0 fully saturated rings. The number of carbonyl (C=O) groups excluding carboxylic acids is 4. The van der Waals surface area contributed by atoms with Crippen LogP contribution >= 0.6 is 0 Å². The van der Waals surface area contributed by atoms with Gasteiger partial charge < -0.3 is 24.7 Å². The van der Waals surface area contributed by atoms with Gasteiger partial charge in [0.1, 0.15) is 5.54 Å². The number of carbonyl (C=O) groups is 4. The van der Waals surface area contributed by atoms with Crippen molar-refractivity contribution in [2.45, 2.75) is 86.6 Å². The highest BCUT2D eigenvalue weighted by atomic mass is 16.6. The molecule has 0 spiro atoms. The van der Waals surface area contributed by atoms with Gasteiger partial charge in [0.25, 0.3) is 0 Å². The van der Waals surface area contributed by atoms with Gasteiger partial charge in [0, 0.05) is 12.8 Å². The summed E-state index contributed by atoms with van der Waals surface area (Å²) in [6.07, 6.45) is 0.308. The second kappa shape index (κ2) is 13.0. The van der Waals surface area contributed by atoms with E-state index in [0.29, 0.717) is 5.56 Å². The maximum atomic E-state index is 12.6. The minimum absolute atomic E-state index is 0.00105. The number of rotatable bonds is 11. The summed E-state index contributed by atoms with van der Waals surface area (Å²) in [4.78, 5) is 49.5. The normalized spacial score (nSPS) is 13.5. The average molecular weight is 522 g/mol. The second-order valence-electron chi connectivity index (χ2n) is 12.1. The Morgan fingerprint density at radius 2 is 1.38 bits per heavy atom. The summed E-state index contributed by atoms with van der Waals surface area (Å²) in [5, 5.41) is 0. The van der Waals surface area contributed by atoms with Gasteiger partial charge in [-0.1, -0.05) is 61.5 Å². The summed E-state index contributed by atoms with van der Waals surface area (Å²) >= 11 is 0. The highest BCUT2D eigenvalue weighted by molar-refractivity contribution is 5.81. The Hall–Kier alpha value is -2.94. The standard InChI is InChI=1S/C28H43NO8/c1-18(2)24(32)35-13-12-28(29,25(33)34-9)15-19-10-11-20(36-22(30)16-26(3,4)5)21(14-19)37-23(31)17-27(6,7)8/h10-11,14,18H,12-13,15-17,29H2,1-9H3. The summed E-state index contributed by atoms with van der Waals surface area (Å²) in [5.41, 5.74) is 4.83. The number of benzene rings is 1. The van der Waals surface area contributed by atoms with Gasteiger partial charge >= 0.3 is 23.9 Å². The molecule has 0 bridgehead atoms. The lowest BCUT2D eigenvalue weighted by molar-refractivity contribution is -0.152. The average Bonchev–Trinajstić information content (AvgIpc) is 2.72. The fourth-order valence-electron chi connectivity index (χ4n) is 3.34. The molecule has 0 aromatic heterocycles. The largest absolute Gasteiger partial charge is 0.468 e. The van der Waals surface area contributed by atoms with E-state index in [-0.39, 0.29) is 60.5 Å². The number of methoxy groups -OCH3 is 1. The third kappa shape index (κ3) is 11.8. The van der Waals surface area contributed by atoms with Crippen molar-refractivity contribution in [2.24, 2.45) is 22.5 Å². The molecule has 1 unspecified atom stereocenters. The van der Waals surface area contributed by atoms with Crippen molar-refractivity contribution in [1.82, 2.24) is 0 Å². The molecule has 208 valence electrons. The van der Waals surface area contributed by atoms with E-state index in [0.717, 1.165) is 0 Å².